The van der Waals surface area contributed by atoms with Gasteiger partial charge in [-0.2, -0.15) is 0 Å². The molecule has 2 aromatic carbocycles. The third-order valence-electron chi connectivity index (χ3n) is 9.34. The minimum Gasteiger partial charge on any atom is -0.447 e. The zero-order chi connectivity index (χ0) is 31.8. The molecule has 7 rings (SSSR count). The van der Waals surface area contributed by atoms with E-state index in [2.05, 4.69) is 46.3 Å². The number of halogens is 1. The Hall–Kier alpha value is -4.21. The Morgan fingerprint density at radius 3 is 2.67 bits per heavy atom. The Morgan fingerprint density at radius 2 is 1.85 bits per heavy atom. The highest BCUT2D eigenvalue weighted by Crippen LogP contribution is 2.38. The Morgan fingerprint density at radius 1 is 0.978 bits per heavy atom. The van der Waals surface area contributed by atoms with Crippen molar-refractivity contribution in [2.24, 2.45) is 0 Å². The average molecular weight is 639 g/mol. The van der Waals surface area contributed by atoms with Crippen molar-refractivity contribution >= 4 is 29.3 Å². The number of anilines is 1. The van der Waals surface area contributed by atoms with E-state index in [0.717, 1.165) is 53.8 Å². The fraction of sp³-hybridized carbons (Fsp3) is 0.389. The monoisotopic (exact) mass is 638 g/mol. The molecule has 2 aliphatic heterocycles. The maximum atomic E-state index is 14.8. The summed E-state index contributed by atoms with van der Waals surface area (Å²) in [5.74, 6) is -0.0858. The summed E-state index contributed by atoms with van der Waals surface area (Å²) in [5, 5.41) is 0.710. The predicted octanol–water partition coefficient (Wildman–Crippen LogP) is 5.68. The van der Waals surface area contributed by atoms with Crippen LogP contribution in [-0.4, -0.2) is 74.7 Å². The van der Waals surface area contributed by atoms with E-state index in [-0.39, 0.29) is 18.1 Å². The summed E-state index contributed by atoms with van der Waals surface area (Å²) >= 11 is 6.47. The number of aryl methyl sites for hydroxylation is 3. The number of benzene rings is 2. The zero-order valence-corrected chi connectivity index (χ0v) is 27.1. The number of hydrogen-bond donors (Lipinski definition) is 0. The van der Waals surface area contributed by atoms with Crippen LogP contribution in [0, 0.1) is 0 Å². The van der Waals surface area contributed by atoms with Crippen LogP contribution in [0.3, 0.4) is 0 Å². The topological polar surface area (TPSA) is 83.8 Å². The van der Waals surface area contributed by atoms with E-state index in [9.17, 15) is 9.59 Å². The molecule has 2 aromatic heterocycles. The Bertz CT molecular complexity index is 1740. The molecule has 1 fully saturated rings. The molecule has 9 nitrogen and oxygen atoms in total. The molecule has 4 aromatic rings. The zero-order valence-electron chi connectivity index (χ0n) is 26.3. The molecular formula is C36H39ClN6O3. The molecular weight excluding hydrogens is 600 g/mol. The van der Waals surface area contributed by atoms with Gasteiger partial charge in [0.25, 0.3) is 5.91 Å². The Balaban J connectivity index is 1.25. The number of pyridine rings is 1. The summed E-state index contributed by atoms with van der Waals surface area (Å²) in [4.78, 5) is 43.2. The van der Waals surface area contributed by atoms with Crippen LogP contribution in [0.1, 0.15) is 59.8 Å². The van der Waals surface area contributed by atoms with Crippen LogP contribution in [-0.2, 0) is 35.3 Å². The molecule has 238 valence electrons. The molecule has 10 heteroatoms. The number of hydrogen-bond acceptors (Lipinski definition) is 6. The van der Waals surface area contributed by atoms with E-state index in [1.807, 2.05) is 47.8 Å². The third kappa shape index (κ3) is 6.01. The van der Waals surface area contributed by atoms with Crippen LogP contribution >= 0.6 is 11.6 Å². The second-order valence-electron chi connectivity index (χ2n) is 12.7. The van der Waals surface area contributed by atoms with E-state index in [0.29, 0.717) is 37.7 Å². The maximum absolute atomic E-state index is 14.8. The summed E-state index contributed by atoms with van der Waals surface area (Å²) in [7, 11) is 0. The molecule has 0 radical (unpaired) electrons. The van der Waals surface area contributed by atoms with E-state index >= 15 is 0 Å². The molecule has 2 amide bonds. The van der Waals surface area contributed by atoms with Crippen molar-refractivity contribution in [2.45, 2.75) is 64.3 Å². The van der Waals surface area contributed by atoms with E-state index < -0.39 is 12.1 Å². The number of piperazine rings is 1. The first-order valence-electron chi connectivity index (χ1n) is 16.2. The molecule has 0 bridgehead atoms. The molecule has 1 saturated heterocycles. The largest absolute Gasteiger partial charge is 0.447 e. The van der Waals surface area contributed by atoms with Gasteiger partial charge < -0.3 is 14.2 Å². The molecule has 2 atom stereocenters. The first-order chi connectivity index (χ1) is 22.4. The number of imidazole rings is 1. The van der Waals surface area contributed by atoms with Gasteiger partial charge in [-0.05, 0) is 91.6 Å². The van der Waals surface area contributed by atoms with Gasteiger partial charge in [0.1, 0.15) is 6.04 Å². The van der Waals surface area contributed by atoms with Crippen LogP contribution in [0.4, 0.5) is 10.5 Å². The van der Waals surface area contributed by atoms with Gasteiger partial charge in [-0.1, -0.05) is 35.9 Å². The first kappa shape index (κ1) is 30.4. The van der Waals surface area contributed by atoms with Crippen LogP contribution < -0.4 is 4.90 Å². The standard InChI is InChI=1S/C36H39ClN6O3/c1-24(2)46-36(45)43-18-17-41(34-30-12-11-29(37)20-28(30)10-9-27-5-3-13-39-33(27)34)22-32(43)35(44)42-15-4-6-26-8-7-25(19-31(26)42)21-40-16-14-38-23-40/h3,5,7-8,11-14,16,19-20,23-24,32,34H,4,6,9-10,15,17-18,21-22H2,1-2H3/t32-,34?/m1/s1. The molecule has 1 unspecified atom stereocenters. The first-order valence-corrected chi connectivity index (χ1v) is 16.6. The molecule has 0 saturated carbocycles. The van der Waals surface area contributed by atoms with Crippen LogP contribution in [0.5, 0.6) is 0 Å². The lowest BCUT2D eigenvalue weighted by molar-refractivity contribution is -0.126. The van der Waals surface area contributed by atoms with E-state index in [1.54, 1.807) is 17.4 Å². The summed E-state index contributed by atoms with van der Waals surface area (Å²) in [6, 6.07) is 15.7. The molecule has 0 N–H and O–H groups in total. The van der Waals surface area contributed by atoms with Crippen molar-refractivity contribution in [3.05, 3.63) is 112 Å². The van der Waals surface area contributed by atoms with Crippen molar-refractivity contribution < 1.29 is 14.3 Å². The Labute approximate surface area is 274 Å². The summed E-state index contributed by atoms with van der Waals surface area (Å²) < 4.78 is 7.71. The molecule has 1 aliphatic carbocycles. The predicted molar refractivity (Wildman–Crippen MR) is 177 cm³/mol. The van der Waals surface area contributed by atoms with Crippen LogP contribution in [0.2, 0.25) is 5.02 Å². The van der Waals surface area contributed by atoms with E-state index in [1.165, 1.54) is 11.1 Å². The van der Waals surface area contributed by atoms with Crippen LogP contribution in [0.25, 0.3) is 0 Å². The van der Waals surface area contributed by atoms with Crippen LogP contribution in [0.15, 0.2) is 73.4 Å². The lowest BCUT2D eigenvalue weighted by Gasteiger charge is -2.45. The number of ether oxygens (including phenoxy) is 1. The molecule has 0 spiro atoms. The van der Waals surface area contributed by atoms with Gasteiger partial charge in [-0.3, -0.25) is 19.6 Å². The van der Waals surface area contributed by atoms with Gasteiger partial charge in [0.2, 0.25) is 0 Å². The van der Waals surface area contributed by atoms with Crippen molar-refractivity contribution in [3.63, 3.8) is 0 Å². The fourth-order valence-electron chi connectivity index (χ4n) is 7.21. The van der Waals surface area contributed by atoms with Gasteiger partial charge in [0.15, 0.2) is 0 Å². The number of aromatic nitrogens is 3. The Kier molecular flexibility index (Phi) is 8.53. The highest BCUT2D eigenvalue weighted by Gasteiger charge is 2.43. The van der Waals surface area contributed by atoms with Crippen molar-refractivity contribution in [2.75, 3.05) is 31.1 Å². The van der Waals surface area contributed by atoms with Gasteiger partial charge in [-0.15, -0.1) is 0 Å². The van der Waals surface area contributed by atoms with Crippen molar-refractivity contribution in [1.29, 1.82) is 0 Å². The number of rotatable bonds is 5. The summed E-state index contributed by atoms with van der Waals surface area (Å²) in [5.41, 5.74) is 7.69. The SMILES string of the molecule is CC(C)OC(=O)N1CCN(C2c3ccc(Cl)cc3CCc3cccnc32)C[C@@H]1C(=O)N1CCCc2ccc(Cn3ccnc3)cc21. The second-order valence-corrected chi connectivity index (χ2v) is 13.2. The fourth-order valence-corrected chi connectivity index (χ4v) is 7.40. The average Bonchev–Trinajstić information content (AvgIpc) is 3.51. The number of carbonyl (C=O) groups excluding carboxylic acids is 2. The minimum atomic E-state index is -0.727. The summed E-state index contributed by atoms with van der Waals surface area (Å²) in [6.45, 7) is 6.23. The van der Waals surface area contributed by atoms with Gasteiger partial charge in [-0.25, -0.2) is 9.78 Å². The minimum absolute atomic E-state index is 0.0858. The molecule has 3 aliphatic rings. The van der Waals surface area contributed by atoms with Gasteiger partial charge in [0.05, 0.1) is 24.2 Å². The lowest BCUT2D eigenvalue weighted by atomic mass is 9.94. The highest BCUT2D eigenvalue weighted by molar-refractivity contribution is 6.30. The van der Waals surface area contributed by atoms with Gasteiger partial charge >= 0.3 is 6.09 Å². The lowest BCUT2D eigenvalue weighted by Crippen LogP contribution is -2.62. The van der Waals surface area contributed by atoms with E-state index in [4.69, 9.17) is 21.3 Å². The quantitative estimate of drug-likeness (QED) is 0.280. The van der Waals surface area contributed by atoms with Crippen molar-refractivity contribution in [3.8, 4) is 0 Å². The smallest absolute Gasteiger partial charge is 0.410 e. The van der Waals surface area contributed by atoms with Gasteiger partial charge in [0, 0.05) is 62.0 Å². The summed E-state index contributed by atoms with van der Waals surface area (Å²) in [6.07, 6.45) is 10.1. The highest BCUT2D eigenvalue weighted by atomic mass is 35.5. The molecule has 4 heterocycles. The second kappa shape index (κ2) is 12.9. The van der Waals surface area contributed by atoms with Crippen molar-refractivity contribution in [1.82, 2.24) is 24.3 Å². The number of fused-ring (bicyclic) bond motifs is 3. The number of nitrogens with zero attached hydrogens (tertiary/aromatic N) is 6. The normalized spacial score (nSPS) is 19.7. The number of carbonyl (C=O) groups is 2. The third-order valence-corrected chi connectivity index (χ3v) is 9.58. The molecule has 46 heavy (non-hydrogen) atoms. The maximum Gasteiger partial charge on any atom is 0.410 e. The number of amides is 2.